The Kier molecular flexibility index (Phi) is 5.11. The molecule has 0 unspecified atom stereocenters. The Bertz CT molecular complexity index is 613. The number of nitrogens with zero attached hydrogens (tertiary/aromatic N) is 2. The maximum absolute atomic E-state index is 12.0. The highest BCUT2D eigenvalue weighted by Crippen LogP contribution is 2.32. The molecule has 23 heavy (non-hydrogen) atoms. The highest BCUT2D eigenvalue weighted by Gasteiger charge is 2.29. The van der Waals surface area contributed by atoms with E-state index in [2.05, 4.69) is 9.88 Å². The summed E-state index contributed by atoms with van der Waals surface area (Å²) in [5.41, 5.74) is 2.60. The second-order valence-electron chi connectivity index (χ2n) is 7.22. The molecule has 1 saturated heterocycles. The second-order valence-corrected chi connectivity index (χ2v) is 9.89. The number of H-pyrrole nitrogens is 1. The molecule has 1 atom stereocenters. The fraction of sp³-hybridized carbons (Fsp3) is 0.824. The maximum atomic E-state index is 12.0. The molecule has 1 aromatic rings. The number of aryl methyl sites for hydroxylation is 2. The van der Waals surface area contributed by atoms with Crippen molar-refractivity contribution in [1.82, 2.24) is 14.9 Å². The first-order valence-corrected chi connectivity index (χ1v) is 10.7. The van der Waals surface area contributed by atoms with Crippen LogP contribution >= 0.6 is 0 Å². The molecule has 0 aromatic carbocycles. The van der Waals surface area contributed by atoms with Crippen molar-refractivity contribution in [3.8, 4) is 0 Å². The molecule has 5 nitrogen and oxygen atoms in total. The molecular formula is C17H29N3O2S. The van der Waals surface area contributed by atoms with Crippen molar-refractivity contribution in [2.24, 2.45) is 0 Å². The first-order chi connectivity index (χ1) is 11.0. The van der Waals surface area contributed by atoms with Gasteiger partial charge in [-0.1, -0.05) is 0 Å². The number of rotatable bonds is 6. The maximum Gasteiger partial charge on any atom is 0.152 e. The Morgan fingerprint density at radius 3 is 2.78 bits per heavy atom. The summed E-state index contributed by atoms with van der Waals surface area (Å²) in [5, 5.41) is -0.270. The van der Waals surface area contributed by atoms with Gasteiger partial charge >= 0.3 is 0 Å². The molecule has 130 valence electrons. The summed E-state index contributed by atoms with van der Waals surface area (Å²) in [4.78, 5) is 10.8. The molecule has 1 N–H and O–H groups in total. The number of nitrogens with one attached hydrogen (secondary N) is 1. The minimum absolute atomic E-state index is 0.270. The molecule has 0 spiro atoms. The van der Waals surface area contributed by atoms with Crippen LogP contribution < -0.4 is 0 Å². The Hall–Kier alpha value is -0.880. The van der Waals surface area contributed by atoms with Gasteiger partial charge in [-0.2, -0.15) is 0 Å². The van der Waals surface area contributed by atoms with E-state index in [9.17, 15) is 8.42 Å². The predicted molar refractivity (Wildman–Crippen MR) is 92.3 cm³/mol. The van der Waals surface area contributed by atoms with E-state index in [1.54, 1.807) is 13.8 Å². The van der Waals surface area contributed by atoms with E-state index < -0.39 is 9.84 Å². The van der Waals surface area contributed by atoms with Gasteiger partial charge in [-0.25, -0.2) is 13.4 Å². The van der Waals surface area contributed by atoms with E-state index in [1.807, 2.05) is 0 Å². The predicted octanol–water partition coefficient (Wildman–Crippen LogP) is 2.64. The molecule has 2 aliphatic rings. The molecular weight excluding hydrogens is 310 g/mol. The zero-order chi connectivity index (χ0) is 16.4. The van der Waals surface area contributed by atoms with Gasteiger partial charge in [0.15, 0.2) is 9.84 Å². The van der Waals surface area contributed by atoms with Gasteiger partial charge in [-0.3, -0.25) is 4.90 Å². The molecule has 6 heteroatoms. The average molecular weight is 340 g/mol. The zero-order valence-corrected chi connectivity index (χ0v) is 15.2. The summed E-state index contributed by atoms with van der Waals surface area (Å²) >= 11 is 0. The highest BCUT2D eigenvalue weighted by molar-refractivity contribution is 7.91. The second kappa shape index (κ2) is 6.93. The zero-order valence-electron chi connectivity index (χ0n) is 14.3. The molecule has 3 rings (SSSR count). The smallest absolute Gasteiger partial charge is 0.152 e. The number of hydrogen-bond donors (Lipinski definition) is 1. The molecule has 0 radical (unpaired) electrons. The van der Waals surface area contributed by atoms with E-state index in [1.165, 1.54) is 30.7 Å². The van der Waals surface area contributed by atoms with Crippen molar-refractivity contribution in [2.75, 3.05) is 18.8 Å². The van der Waals surface area contributed by atoms with E-state index in [-0.39, 0.29) is 5.25 Å². The van der Waals surface area contributed by atoms with Gasteiger partial charge in [0, 0.05) is 5.69 Å². The summed E-state index contributed by atoms with van der Waals surface area (Å²) in [6.07, 6.45) is 7.76. The lowest BCUT2D eigenvalue weighted by Crippen LogP contribution is -2.28. The third-order valence-corrected chi connectivity index (χ3v) is 7.54. The fourth-order valence-electron chi connectivity index (χ4n) is 3.74. The number of aromatic nitrogens is 2. The molecule has 0 amide bonds. The number of sulfone groups is 1. The van der Waals surface area contributed by atoms with Gasteiger partial charge in [0.1, 0.15) is 5.82 Å². The van der Waals surface area contributed by atoms with Crippen molar-refractivity contribution >= 4 is 9.84 Å². The third kappa shape index (κ3) is 3.79. The van der Waals surface area contributed by atoms with Crippen molar-refractivity contribution in [2.45, 2.75) is 70.1 Å². The Labute approximate surface area is 139 Å². The largest absolute Gasteiger partial charge is 0.344 e. The highest BCUT2D eigenvalue weighted by atomic mass is 32.2. The van der Waals surface area contributed by atoms with Crippen molar-refractivity contribution < 1.29 is 8.42 Å². The first kappa shape index (κ1) is 17.0. The molecule has 2 heterocycles. The van der Waals surface area contributed by atoms with Crippen LogP contribution in [0.25, 0.3) is 0 Å². The van der Waals surface area contributed by atoms with E-state index in [0.29, 0.717) is 11.8 Å². The minimum atomic E-state index is -2.92. The van der Waals surface area contributed by atoms with E-state index in [4.69, 9.17) is 4.98 Å². The van der Waals surface area contributed by atoms with Crippen LogP contribution in [-0.4, -0.2) is 47.4 Å². The number of aromatic amines is 1. The monoisotopic (exact) mass is 339 g/mol. The summed E-state index contributed by atoms with van der Waals surface area (Å²) in [6, 6.07) is 0.349. The van der Waals surface area contributed by atoms with Gasteiger partial charge in [-0.15, -0.1) is 0 Å². The molecule has 0 saturated carbocycles. The Morgan fingerprint density at radius 1 is 1.26 bits per heavy atom. The molecule has 1 fully saturated rings. The van der Waals surface area contributed by atoms with Gasteiger partial charge in [0.05, 0.1) is 22.7 Å². The van der Waals surface area contributed by atoms with Crippen LogP contribution in [0.4, 0.5) is 0 Å². The minimum Gasteiger partial charge on any atom is -0.344 e. The van der Waals surface area contributed by atoms with Crippen LogP contribution in [0.15, 0.2) is 0 Å². The number of likely N-dealkylation sites (tertiary alicyclic amines) is 1. The number of imidazole rings is 1. The third-order valence-electron chi connectivity index (χ3n) is 5.24. The van der Waals surface area contributed by atoms with Crippen molar-refractivity contribution in [1.29, 1.82) is 0 Å². The lowest BCUT2D eigenvalue weighted by Gasteiger charge is -2.23. The Balaban J connectivity index is 1.61. The quantitative estimate of drug-likeness (QED) is 0.865. The van der Waals surface area contributed by atoms with Crippen LogP contribution in [0.3, 0.4) is 0 Å². The van der Waals surface area contributed by atoms with E-state index >= 15 is 0 Å². The molecule has 1 aliphatic heterocycles. The summed E-state index contributed by atoms with van der Waals surface area (Å²) < 4.78 is 23.9. The number of fused-ring (bicyclic) bond motifs is 1. The summed E-state index contributed by atoms with van der Waals surface area (Å²) in [7, 11) is -2.92. The first-order valence-electron chi connectivity index (χ1n) is 9.00. The molecule has 0 bridgehead atoms. The standard InChI is InChI=1S/C17H29N3O2S/c1-13(2)23(21,22)12-6-11-20-10-5-9-16(20)17-18-14-7-3-4-8-15(14)19-17/h13,16H,3-12H2,1-2H3,(H,18,19)/t16-/m1/s1. The molecule has 1 aromatic heterocycles. The van der Waals surface area contributed by atoms with Crippen LogP contribution in [0.5, 0.6) is 0 Å². The van der Waals surface area contributed by atoms with Gasteiger partial charge in [0.25, 0.3) is 0 Å². The lowest BCUT2D eigenvalue weighted by atomic mass is 10.0. The fourth-order valence-corrected chi connectivity index (χ4v) is 4.74. The molecule has 1 aliphatic carbocycles. The van der Waals surface area contributed by atoms with Crippen LogP contribution in [0, 0.1) is 0 Å². The topological polar surface area (TPSA) is 66.1 Å². The van der Waals surface area contributed by atoms with Crippen LogP contribution in [-0.2, 0) is 22.7 Å². The lowest BCUT2D eigenvalue weighted by molar-refractivity contribution is 0.250. The summed E-state index contributed by atoms with van der Waals surface area (Å²) in [6.45, 7) is 5.43. The Morgan fingerprint density at radius 2 is 2.04 bits per heavy atom. The van der Waals surface area contributed by atoms with Gasteiger partial charge in [-0.05, 0) is 71.9 Å². The SMILES string of the molecule is CC(C)S(=O)(=O)CCCN1CCC[C@@H]1c1nc2c([nH]1)CCCC2. The summed E-state index contributed by atoms with van der Waals surface area (Å²) in [5.74, 6) is 1.41. The van der Waals surface area contributed by atoms with Crippen molar-refractivity contribution in [3.63, 3.8) is 0 Å². The normalized spacial score (nSPS) is 22.7. The van der Waals surface area contributed by atoms with Gasteiger partial charge in [0.2, 0.25) is 0 Å². The van der Waals surface area contributed by atoms with Crippen molar-refractivity contribution in [3.05, 3.63) is 17.2 Å². The van der Waals surface area contributed by atoms with Crippen LogP contribution in [0.1, 0.15) is 69.2 Å². The van der Waals surface area contributed by atoms with Crippen LogP contribution in [0.2, 0.25) is 0 Å². The number of hydrogen-bond acceptors (Lipinski definition) is 4. The average Bonchev–Trinajstić information content (AvgIpc) is 3.12. The van der Waals surface area contributed by atoms with E-state index in [0.717, 1.165) is 44.6 Å². The van der Waals surface area contributed by atoms with Gasteiger partial charge < -0.3 is 4.98 Å².